The number of nitrogens with one attached hydrogen (secondary N) is 1. The van der Waals surface area contributed by atoms with Crippen LogP contribution < -0.4 is 5.56 Å². The molecule has 0 radical (unpaired) electrons. The summed E-state index contributed by atoms with van der Waals surface area (Å²) in [5.41, 5.74) is 1.74. The molecule has 8 heteroatoms. The molecule has 0 saturated carbocycles. The summed E-state index contributed by atoms with van der Waals surface area (Å²) in [6, 6.07) is 4.71. The predicted octanol–water partition coefficient (Wildman–Crippen LogP) is 2.50. The third-order valence-corrected chi connectivity index (χ3v) is 4.84. The second-order valence-electron chi connectivity index (χ2n) is 6.96. The molecule has 0 aliphatic carbocycles. The van der Waals surface area contributed by atoms with E-state index < -0.39 is 0 Å². The van der Waals surface area contributed by atoms with Crippen molar-refractivity contribution >= 4 is 11.6 Å². The smallest absolute Gasteiger partial charge is 0.293 e. The van der Waals surface area contributed by atoms with Crippen LogP contribution in [-0.4, -0.2) is 37.1 Å². The van der Waals surface area contributed by atoms with E-state index in [0.29, 0.717) is 17.9 Å². The van der Waals surface area contributed by atoms with Gasteiger partial charge in [0, 0.05) is 30.9 Å². The first-order valence-electron chi connectivity index (χ1n) is 8.89. The quantitative estimate of drug-likeness (QED) is 0.779. The lowest BCUT2D eigenvalue weighted by atomic mass is 9.98. The highest BCUT2D eigenvalue weighted by Gasteiger charge is 2.32. The van der Waals surface area contributed by atoms with E-state index in [-0.39, 0.29) is 29.2 Å². The van der Waals surface area contributed by atoms with E-state index in [4.69, 9.17) is 4.52 Å². The largest absolute Gasteiger partial charge is 0.351 e. The van der Waals surface area contributed by atoms with Crippen molar-refractivity contribution in [1.29, 1.82) is 0 Å². The van der Waals surface area contributed by atoms with Crippen LogP contribution in [0.4, 0.5) is 0 Å². The van der Waals surface area contributed by atoms with E-state index in [0.717, 1.165) is 25.0 Å². The van der Waals surface area contributed by atoms with Gasteiger partial charge in [-0.15, -0.1) is 0 Å². The number of likely N-dealkylation sites (tertiary alicyclic amines) is 1. The van der Waals surface area contributed by atoms with Gasteiger partial charge in [-0.1, -0.05) is 19.0 Å². The van der Waals surface area contributed by atoms with Crippen LogP contribution in [0.5, 0.6) is 0 Å². The fourth-order valence-corrected chi connectivity index (χ4v) is 3.40. The minimum atomic E-state index is -0.239. The van der Waals surface area contributed by atoms with Crippen molar-refractivity contribution in [2.45, 2.75) is 45.1 Å². The van der Waals surface area contributed by atoms with Crippen molar-refractivity contribution in [1.82, 2.24) is 24.7 Å². The van der Waals surface area contributed by atoms with Crippen molar-refractivity contribution in [3.63, 3.8) is 0 Å². The maximum Gasteiger partial charge on any atom is 0.293 e. The SMILES string of the molecule is CC(C)c1cc(C(=O)N2CCCCC2c2cc(=O)n3[nH]ccc3n2)on1. The van der Waals surface area contributed by atoms with Crippen molar-refractivity contribution in [2.75, 3.05) is 6.54 Å². The topological polar surface area (TPSA) is 96.5 Å². The average Bonchev–Trinajstić information content (AvgIpc) is 3.30. The Labute approximate surface area is 149 Å². The number of nitrogens with zero attached hydrogens (tertiary/aromatic N) is 4. The van der Waals surface area contributed by atoms with Crippen LogP contribution in [0.3, 0.4) is 0 Å². The van der Waals surface area contributed by atoms with Crippen LogP contribution in [0.25, 0.3) is 5.65 Å². The highest BCUT2D eigenvalue weighted by molar-refractivity contribution is 5.91. The van der Waals surface area contributed by atoms with Crippen LogP contribution in [0.1, 0.15) is 67.0 Å². The van der Waals surface area contributed by atoms with Crippen LogP contribution in [0.2, 0.25) is 0 Å². The van der Waals surface area contributed by atoms with Crippen LogP contribution in [0, 0.1) is 0 Å². The molecule has 26 heavy (non-hydrogen) atoms. The van der Waals surface area contributed by atoms with E-state index in [1.165, 1.54) is 10.6 Å². The number of carbonyl (C=O) groups is 1. The van der Waals surface area contributed by atoms with E-state index in [2.05, 4.69) is 15.2 Å². The first-order chi connectivity index (χ1) is 12.5. The van der Waals surface area contributed by atoms with Crippen LogP contribution in [-0.2, 0) is 0 Å². The molecule has 136 valence electrons. The maximum absolute atomic E-state index is 13.0. The number of aromatic nitrogens is 4. The normalized spacial score (nSPS) is 18.0. The summed E-state index contributed by atoms with van der Waals surface area (Å²) in [5.74, 6) is 0.223. The van der Waals surface area contributed by atoms with Gasteiger partial charge in [-0.2, -0.15) is 0 Å². The zero-order valence-corrected chi connectivity index (χ0v) is 14.8. The van der Waals surface area contributed by atoms with Gasteiger partial charge in [0.1, 0.15) is 0 Å². The molecule has 1 fully saturated rings. The van der Waals surface area contributed by atoms with Gasteiger partial charge in [-0.3, -0.25) is 14.7 Å². The van der Waals surface area contributed by atoms with Crippen molar-refractivity contribution in [3.8, 4) is 0 Å². The fourth-order valence-electron chi connectivity index (χ4n) is 3.40. The number of H-pyrrole nitrogens is 1. The second kappa shape index (κ2) is 6.44. The van der Waals surface area contributed by atoms with E-state index >= 15 is 0 Å². The molecular formula is C18H21N5O3. The highest BCUT2D eigenvalue weighted by Crippen LogP contribution is 2.31. The number of rotatable bonds is 3. The van der Waals surface area contributed by atoms with Gasteiger partial charge in [-0.25, -0.2) is 9.50 Å². The van der Waals surface area contributed by atoms with Crippen molar-refractivity contribution in [3.05, 3.63) is 51.9 Å². The van der Waals surface area contributed by atoms with Crippen molar-refractivity contribution < 1.29 is 9.32 Å². The average molecular weight is 355 g/mol. The minimum absolute atomic E-state index is 0.185. The van der Waals surface area contributed by atoms with Gasteiger partial charge >= 0.3 is 0 Å². The summed E-state index contributed by atoms with van der Waals surface area (Å²) >= 11 is 0. The Morgan fingerprint density at radius 3 is 2.96 bits per heavy atom. The molecule has 1 aliphatic rings. The zero-order chi connectivity index (χ0) is 18.3. The van der Waals surface area contributed by atoms with Crippen LogP contribution >= 0.6 is 0 Å². The Morgan fingerprint density at radius 2 is 2.19 bits per heavy atom. The molecule has 1 aliphatic heterocycles. The number of piperidine rings is 1. The standard InChI is InChI=1S/C18H21N5O3/c1-11(2)12-9-15(26-21-12)18(25)22-8-4-3-5-14(22)13-10-17(24)23-16(20-13)6-7-19-23/h6-7,9-11,14,19H,3-5,8H2,1-2H3. The lowest BCUT2D eigenvalue weighted by Gasteiger charge is -2.34. The minimum Gasteiger partial charge on any atom is -0.351 e. The maximum atomic E-state index is 13.0. The van der Waals surface area contributed by atoms with Gasteiger partial charge in [-0.05, 0) is 25.2 Å². The van der Waals surface area contributed by atoms with Gasteiger partial charge in [0.2, 0.25) is 5.76 Å². The number of amides is 1. The second-order valence-corrected chi connectivity index (χ2v) is 6.96. The summed E-state index contributed by atoms with van der Waals surface area (Å²) in [6.45, 7) is 4.61. The monoisotopic (exact) mass is 355 g/mol. The summed E-state index contributed by atoms with van der Waals surface area (Å²) < 4.78 is 6.65. The van der Waals surface area contributed by atoms with Gasteiger partial charge in [0.15, 0.2) is 5.65 Å². The number of fused-ring (bicyclic) bond motifs is 1. The molecule has 3 aromatic heterocycles. The molecule has 0 aromatic carbocycles. The molecule has 4 rings (SSSR count). The number of hydrogen-bond donors (Lipinski definition) is 1. The number of carbonyl (C=O) groups excluding carboxylic acids is 1. The first kappa shape index (κ1) is 16.6. The van der Waals surface area contributed by atoms with E-state index in [1.54, 1.807) is 23.2 Å². The van der Waals surface area contributed by atoms with E-state index in [1.807, 2.05) is 13.8 Å². The molecule has 0 bridgehead atoms. The number of aromatic amines is 1. The summed E-state index contributed by atoms with van der Waals surface area (Å²) in [4.78, 5) is 31.6. The van der Waals surface area contributed by atoms with E-state index in [9.17, 15) is 9.59 Å². The molecule has 0 spiro atoms. The van der Waals surface area contributed by atoms with Gasteiger partial charge in [0.25, 0.3) is 11.5 Å². The third-order valence-electron chi connectivity index (χ3n) is 4.84. The number of hydrogen-bond acceptors (Lipinski definition) is 5. The van der Waals surface area contributed by atoms with Crippen molar-refractivity contribution in [2.24, 2.45) is 0 Å². The zero-order valence-electron chi connectivity index (χ0n) is 14.8. The summed E-state index contributed by atoms with van der Waals surface area (Å²) in [7, 11) is 0. The Balaban J connectivity index is 1.69. The Hall–Kier alpha value is -2.90. The van der Waals surface area contributed by atoms with Gasteiger partial charge < -0.3 is 9.42 Å². The Kier molecular flexibility index (Phi) is 4.10. The molecule has 8 nitrogen and oxygen atoms in total. The van der Waals surface area contributed by atoms with Crippen LogP contribution in [0.15, 0.2) is 33.7 Å². The molecule has 1 atom stereocenters. The lowest BCUT2D eigenvalue weighted by molar-refractivity contribution is 0.0563. The molecule has 1 saturated heterocycles. The molecule has 3 aromatic rings. The first-order valence-corrected chi connectivity index (χ1v) is 8.89. The highest BCUT2D eigenvalue weighted by atomic mass is 16.5. The predicted molar refractivity (Wildman–Crippen MR) is 94.0 cm³/mol. The Bertz CT molecular complexity index is 1000. The molecule has 1 N–H and O–H groups in total. The lowest BCUT2D eigenvalue weighted by Crippen LogP contribution is -2.39. The third kappa shape index (κ3) is 2.81. The molecule has 1 amide bonds. The summed E-state index contributed by atoms with van der Waals surface area (Å²) in [5, 5.41) is 6.81. The summed E-state index contributed by atoms with van der Waals surface area (Å²) in [6.07, 6.45) is 4.33. The Morgan fingerprint density at radius 1 is 1.35 bits per heavy atom. The molecule has 4 heterocycles. The molecular weight excluding hydrogens is 334 g/mol. The molecule has 1 unspecified atom stereocenters. The van der Waals surface area contributed by atoms with Gasteiger partial charge in [0.05, 0.1) is 17.4 Å². The fraction of sp³-hybridized carbons (Fsp3) is 0.444.